The van der Waals surface area contributed by atoms with Gasteiger partial charge in [0, 0.05) is 9.50 Å². The first-order valence-electron chi connectivity index (χ1n) is 5.68. The number of aromatic carboxylic acids is 1. The van der Waals surface area contributed by atoms with E-state index in [0.29, 0.717) is 20.9 Å². The van der Waals surface area contributed by atoms with Crippen LogP contribution in [-0.4, -0.2) is 22.1 Å². The van der Waals surface area contributed by atoms with Crippen molar-refractivity contribution in [2.45, 2.75) is 0 Å². The maximum absolute atomic E-state index is 11.8. The molecule has 0 aliphatic rings. The highest BCUT2D eigenvalue weighted by molar-refractivity contribution is 9.10. The summed E-state index contributed by atoms with van der Waals surface area (Å²) in [7, 11) is 0. The smallest absolute Gasteiger partial charge is 0.354 e. The lowest BCUT2D eigenvalue weighted by molar-refractivity contribution is 0.0690. The topological polar surface area (TPSA) is 91.3 Å². The number of carboxylic acids is 1. The monoisotopic (exact) mass is 369 g/mol. The van der Waals surface area contributed by atoms with Gasteiger partial charge in [0.15, 0.2) is 0 Å². The molecule has 1 heterocycles. The number of pyridine rings is 1. The number of carboxylic acid groups (broad SMARTS) is 1. The second-order valence-corrected chi connectivity index (χ2v) is 5.23. The second-order valence-electron chi connectivity index (χ2n) is 3.94. The molecule has 0 bridgehead atoms. The molecule has 2 aromatic rings. The number of benzene rings is 1. The molecule has 0 atom stereocenters. The fourth-order valence-corrected chi connectivity index (χ4v) is 2.25. The van der Waals surface area contributed by atoms with Crippen molar-refractivity contribution in [3.05, 3.63) is 51.7 Å². The Labute approximate surface area is 133 Å². The molecule has 21 heavy (non-hydrogen) atoms. The van der Waals surface area contributed by atoms with Gasteiger partial charge in [-0.2, -0.15) is 0 Å². The predicted octanol–water partition coefficient (Wildman–Crippen LogP) is 3.84. The van der Waals surface area contributed by atoms with Gasteiger partial charge in [-0.05, 0) is 46.3 Å². The fraction of sp³-hybridized carbons (Fsp3) is 0. The van der Waals surface area contributed by atoms with Crippen LogP contribution in [0.4, 0.5) is 16.2 Å². The van der Waals surface area contributed by atoms with Gasteiger partial charge in [-0.1, -0.05) is 11.6 Å². The number of amides is 2. The molecule has 108 valence electrons. The Kier molecular flexibility index (Phi) is 4.77. The van der Waals surface area contributed by atoms with Crippen LogP contribution in [0.3, 0.4) is 0 Å². The minimum absolute atomic E-state index is 0.0959. The maximum Gasteiger partial charge on any atom is 0.354 e. The maximum atomic E-state index is 11.8. The highest BCUT2D eigenvalue weighted by Crippen LogP contribution is 2.25. The minimum atomic E-state index is -1.13. The first-order valence-corrected chi connectivity index (χ1v) is 6.85. The average molecular weight is 371 g/mol. The zero-order valence-corrected chi connectivity index (χ0v) is 12.8. The van der Waals surface area contributed by atoms with Gasteiger partial charge in [0.05, 0.1) is 17.6 Å². The summed E-state index contributed by atoms with van der Waals surface area (Å²) >= 11 is 9.09. The third-order valence-corrected chi connectivity index (χ3v) is 3.31. The third kappa shape index (κ3) is 4.17. The highest BCUT2D eigenvalue weighted by atomic mass is 79.9. The van der Waals surface area contributed by atoms with E-state index in [1.54, 1.807) is 18.2 Å². The number of carbonyl (C=O) groups excluding carboxylic acids is 1. The molecule has 0 spiro atoms. The van der Waals surface area contributed by atoms with Crippen LogP contribution in [0.15, 0.2) is 41.0 Å². The lowest BCUT2D eigenvalue weighted by Gasteiger charge is -2.09. The van der Waals surface area contributed by atoms with E-state index in [1.807, 2.05) is 0 Å². The number of hydrogen-bond donors (Lipinski definition) is 3. The van der Waals surface area contributed by atoms with Gasteiger partial charge in [0.2, 0.25) is 0 Å². The van der Waals surface area contributed by atoms with Crippen molar-refractivity contribution >= 4 is 50.9 Å². The van der Waals surface area contributed by atoms with E-state index in [9.17, 15) is 9.59 Å². The lowest BCUT2D eigenvalue weighted by Crippen LogP contribution is -2.19. The quantitative estimate of drug-likeness (QED) is 0.765. The number of halogens is 2. The SMILES string of the molecule is O=C(Nc1ccc(C(=O)O)nc1)Nc1ccc(Cl)cc1Br. The number of hydrogen-bond acceptors (Lipinski definition) is 3. The Hall–Kier alpha value is -2.12. The van der Waals surface area contributed by atoms with E-state index in [4.69, 9.17) is 16.7 Å². The predicted molar refractivity (Wildman–Crippen MR) is 83.0 cm³/mol. The molecule has 3 N–H and O–H groups in total. The molecule has 6 nitrogen and oxygen atoms in total. The van der Waals surface area contributed by atoms with Crippen LogP contribution in [0.5, 0.6) is 0 Å². The van der Waals surface area contributed by atoms with Crippen molar-refractivity contribution in [2.24, 2.45) is 0 Å². The summed E-state index contributed by atoms with van der Waals surface area (Å²) < 4.78 is 0.643. The molecule has 8 heteroatoms. The van der Waals surface area contributed by atoms with E-state index in [-0.39, 0.29) is 5.69 Å². The molecule has 1 aromatic carbocycles. The fourth-order valence-electron chi connectivity index (χ4n) is 1.47. The van der Waals surface area contributed by atoms with Crippen LogP contribution in [0.1, 0.15) is 10.5 Å². The largest absolute Gasteiger partial charge is 0.477 e. The number of rotatable bonds is 3. The van der Waals surface area contributed by atoms with E-state index >= 15 is 0 Å². The summed E-state index contributed by atoms with van der Waals surface area (Å²) in [6.07, 6.45) is 1.26. The molecule has 0 saturated carbocycles. The Morgan fingerprint density at radius 3 is 2.52 bits per heavy atom. The molecule has 0 aliphatic carbocycles. The van der Waals surface area contributed by atoms with Crippen molar-refractivity contribution < 1.29 is 14.7 Å². The molecule has 0 aliphatic heterocycles. The number of nitrogens with zero attached hydrogens (tertiary/aromatic N) is 1. The Morgan fingerprint density at radius 2 is 1.95 bits per heavy atom. The van der Waals surface area contributed by atoms with Crippen LogP contribution in [-0.2, 0) is 0 Å². The van der Waals surface area contributed by atoms with Gasteiger partial charge in [-0.25, -0.2) is 14.6 Å². The van der Waals surface area contributed by atoms with E-state index < -0.39 is 12.0 Å². The summed E-state index contributed by atoms with van der Waals surface area (Å²) in [5.74, 6) is -1.13. The van der Waals surface area contributed by atoms with Crippen molar-refractivity contribution in [3.63, 3.8) is 0 Å². The molecule has 0 radical (unpaired) electrons. The van der Waals surface area contributed by atoms with Crippen LogP contribution in [0.2, 0.25) is 5.02 Å². The minimum Gasteiger partial charge on any atom is -0.477 e. The van der Waals surface area contributed by atoms with Crippen LogP contribution in [0.25, 0.3) is 0 Å². The number of carbonyl (C=O) groups is 2. The van der Waals surface area contributed by atoms with Gasteiger partial charge in [-0.3, -0.25) is 0 Å². The van der Waals surface area contributed by atoms with Gasteiger partial charge in [0.1, 0.15) is 5.69 Å². The zero-order valence-electron chi connectivity index (χ0n) is 10.4. The van der Waals surface area contributed by atoms with E-state index in [0.717, 1.165) is 0 Å². The van der Waals surface area contributed by atoms with Crippen LogP contribution < -0.4 is 10.6 Å². The number of nitrogens with one attached hydrogen (secondary N) is 2. The summed E-state index contributed by atoms with van der Waals surface area (Å²) in [5, 5.41) is 14.4. The van der Waals surface area contributed by atoms with Gasteiger partial charge in [0.25, 0.3) is 0 Å². The molecule has 0 saturated heterocycles. The Balaban J connectivity index is 2.02. The average Bonchev–Trinajstić information content (AvgIpc) is 2.42. The summed E-state index contributed by atoms with van der Waals surface area (Å²) in [6.45, 7) is 0. The lowest BCUT2D eigenvalue weighted by atomic mass is 10.3. The molecule has 2 rings (SSSR count). The number of urea groups is 1. The van der Waals surface area contributed by atoms with Crippen molar-refractivity contribution in [2.75, 3.05) is 10.6 Å². The Bertz CT molecular complexity index is 692. The summed E-state index contributed by atoms with van der Waals surface area (Å²) in [4.78, 5) is 26.2. The molecular formula is C13H9BrClN3O3. The Morgan fingerprint density at radius 1 is 1.19 bits per heavy atom. The van der Waals surface area contributed by atoms with Crippen LogP contribution >= 0.6 is 27.5 Å². The van der Waals surface area contributed by atoms with E-state index in [1.165, 1.54) is 18.3 Å². The molecule has 0 fully saturated rings. The van der Waals surface area contributed by atoms with Crippen molar-refractivity contribution in [3.8, 4) is 0 Å². The van der Waals surface area contributed by atoms with Crippen molar-refractivity contribution in [1.29, 1.82) is 0 Å². The zero-order chi connectivity index (χ0) is 15.4. The molecule has 0 unspecified atom stereocenters. The molecule has 2 amide bonds. The van der Waals surface area contributed by atoms with Crippen LogP contribution in [0, 0.1) is 0 Å². The highest BCUT2D eigenvalue weighted by Gasteiger charge is 2.08. The van der Waals surface area contributed by atoms with Crippen molar-refractivity contribution in [1.82, 2.24) is 4.98 Å². The first kappa shape index (κ1) is 15.3. The summed E-state index contributed by atoms with van der Waals surface area (Å²) in [5.41, 5.74) is 0.830. The van der Waals surface area contributed by atoms with Gasteiger partial charge < -0.3 is 15.7 Å². The van der Waals surface area contributed by atoms with Gasteiger partial charge in [-0.15, -0.1) is 0 Å². The second kappa shape index (κ2) is 6.55. The number of aromatic nitrogens is 1. The molecule has 1 aromatic heterocycles. The summed E-state index contributed by atoms with van der Waals surface area (Å²) in [6, 6.07) is 7.22. The molecular weight excluding hydrogens is 362 g/mol. The number of anilines is 2. The third-order valence-electron chi connectivity index (χ3n) is 2.42. The van der Waals surface area contributed by atoms with E-state index in [2.05, 4.69) is 31.5 Å². The first-order chi connectivity index (χ1) is 9.95. The standard InChI is InChI=1S/C13H9BrClN3O3/c14-9-5-7(15)1-3-10(9)18-13(21)17-8-2-4-11(12(19)20)16-6-8/h1-6H,(H,19,20)(H2,17,18,21). The normalized spacial score (nSPS) is 10.0. The van der Waals surface area contributed by atoms with Gasteiger partial charge >= 0.3 is 12.0 Å².